The zero-order valence-corrected chi connectivity index (χ0v) is 18.9. The second-order valence-electron chi connectivity index (χ2n) is 7.69. The minimum Gasteiger partial charge on any atom is -0.507 e. The fourth-order valence-corrected chi connectivity index (χ4v) is 4.53. The highest BCUT2D eigenvalue weighted by molar-refractivity contribution is 7.81. The molecule has 164 valence electrons. The Balaban J connectivity index is 1.54. The minimum atomic E-state index is 0.181. The quantitative estimate of drug-likeness (QED) is 0.678. The van der Waals surface area contributed by atoms with Crippen LogP contribution in [-0.4, -0.2) is 82.6 Å². The van der Waals surface area contributed by atoms with Crippen LogP contribution in [0.1, 0.15) is 22.3 Å². The summed E-state index contributed by atoms with van der Waals surface area (Å²) in [5.41, 5.74) is 3.38. The standard InChI is InChI=1S/C23H26N2O4S2/c26-20-3-1-16(14-18(20)22(30)24-5-9-28-10-6-24)13-17-2-4-21(27)19(15-17)23(31)25-7-11-29-12-8-25/h1-4,14-15,26-27H,5-13H2. The minimum absolute atomic E-state index is 0.181. The highest BCUT2D eigenvalue weighted by Gasteiger charge is 2.20. The molecule has 8 heteroatoms. The number of aromatic hydroxyl groups is 2. The molecular weight excluding hydrogens is 432 g/mol. The lowest BCUT2D eigenvalue weighted by Gasteiger charge is -2.29. The molecule has 2 heterocycles. The van der Waals surface area contributed by atoms with Crippen molar-refractivity contribution >= 4 is 34.4 Å². The molecule has 2 aliphatic rings. The maximum absolute atomic E-state index is 10.4. The first-order valence-corrected chi connectivity index (χ1v) is 11.2. The summed E-state index contributed by atoms with van der Waals surface area (Å²) in [4.78, 5) is 5.42. The summed E-state index contributed by atoms with van der Waals surface area (Å²) in [6.07, 6.45) is 0.637. The van der Waals surface area contributed by atoms with Crippen molar-refractivity contribution in [3.05, 3.63) is 58.7 Å². The van der Waals surface area contributed by atoms with E-state index in [4.69, 9.17) is 33.9 Å². The second kappa shape index (κ2) is 9.91. The van der Waals surface area contributed by atoms with Gasteiger partial charge >= 0.3 is 0 Å². The molecule has 2 fully saturated rings. The summed E-state index contributed by atoms with van der Waals surface area (Å²) < 4.78 is 10.8. The number of hydrogen-bond acceptors (Lipinski definition) is 6. The van der Waals surface area contributed by atoms with E-state index in [9.17, 15) is 10.2 Å². The van der Waals surface area contributed by atoms with Crippen molar-refractivity contribution in [3.63, 3.8) is 0 Å². The van der Waals surface area contributed by atoms with Crippen LogP contribution in [0.2, 0.25) is 0 Å². The fraction of sp³-hybridized carbons (Fsp3) is 0.391. The molecule has 0 aromatic heterocycles. The van der Waals surface area contributed by atoms with Crippen LogP contribution >= 0.6 is 24.4 Å². The predicted molar refractivity (Wildman–Crippen MR) is 127 cm³/mol. The van der Waals surface area contributed by atoms with Crippen molar-refractivity contribution in [2.75, 3.05) is 52.6 Å². The zero-order chi connectivity index (χ0) is 21.8. The van der Waals surface area contributed by atoms with Gasteiger partial charge in [0.2, 0.25) is 0 Å². The Hall–Kier alpha value is -2.26. The number of hydrogen-bond donors (Lipinski definition) is 2. The molecule has 2 saturated heterocycles. The summed E-state index contributed by atoms with van der Waals surface area (Å²) >= 11 is 11.3. The third-order valence-corrected chi connectivity index (χ3v) is 6.54. The highest BCUT2D eigenvalue weighted by Crippen LogP contribution is 2.26. The summed E-state index contributed by atoms with van der Waals surface area (Å²) in [6, 6.07) is 11.1. The molecule has 2 N–H and O–H groups in total. The topological polar surface area (TPSA) is 65.4 Å². The molecule has 6 nitrogen and oxygen atoms in total. The molecule has 0 aliphatic carbocycles. The molecule has 0 amide bonds. The van der Waals surface area contributed by atoms with Crippen molar-refractivity contribution in [1.29, 1.82) is 0 Å². The normalized spacial score (nSPS) is 16.9. The van der Waals surface area contributed by atoms with Gasteiger partial charge in [0.15, 0.2) is 0 Å². The Morgan fingerprint density at radius 1 is 0.710 bits per heavy atom. The summed E-state index contributed by atoms with van der Waals surface area (Å²) in [5, 5.41) is 20.8. The number of ether oxygens (including phenoxy) is 2. The Morgan fingerprint density at radius 3 is 1.48 bits per heavy atom. The monoisotopic (exact) mass is 458 g/mol. The molecule has 2 aromatic rings. The van der Waals surface area contributed by atoms with Gasteiger partial charge in [0.25, 0.3) is 0 Å². The van der Waals surface area contributed by atoms with Gasteiger partial charge in [-0.15, -0.1) is 0 Å². The number of morpholine rings is 2. The largest absolute Gasteiger partial charge is 0.507 e. The van der Waals surface area contributed by atoms with E-state index in [1.54, 1.807) is 12.1 Å². The predicted octanol–water partition coefficient (Wildman–Crippen LogP) is 2.70. The van der Waals surface area contributed by atoms with E-state index < -0.39 is 0 Å². The molecular formula is C23H26N2O4S2. The van der Waals surface area contributed by atoms with E-state index in [0.29, 0.717) is 54.0 Å². The summed E-state index contributed by atoms with van der Waals surface area (Å²) in [6.45, 7) is 5.46. The Morgan fingerprint density at radius 2 is 1.10 bits per heavy atom. The van der Waals surface area contributed by atoms with E-state index in [1.807, 2.05) is 24.3 Å². The van der Waals surface area contributed by atoms with Crippen molar-refractivity contribution in [2.24, 2.45) is 0 Å². The first-order chi connectivity index (χ1) is 15.0. The smallest absolute Gasteiger partial charge is 0.125 e. The van der Waals surface area contributed by atoms with Gasteiger partial charge < -0.3 is 29.5 Å². The van der Waals surface area contributed by atoms with Crippen LogP contribution in [0, 0.1) is 0 Å². The number of nitrogens with zero attached hydrogens (tertiary/aromatic N) is 2. The lowest BCUT2D eigenvalue weighted by Crippen LogP contribution is -2.40. The fourth-order valence-electron chi connectivity index (χ4n) is 3.84. The van der Waals surface area contributed by atoms with E-state index in [1.165, 1.54) is 0 Å². The van der Waals surface area contributed by atoms with Crippen molar-refractivity contribution in [3.8, 4) is 11.5 Å². The number of benzene rings is 2. The van der Waals surface area contributed by atoms with E-state index in [0.717, 1.165) is 37.3 Å². The maximum Gasteiger partial charge on any atom is 0.125 e. The molecule has 4 rings (SSSR count). The third-order valence-electron chi connectivity index (χ3n) is 5.59. The van der Waals surface area contributed by atoms with Crippen LogP contribution in [0.5, 0.6) is 11.5 Å². The van der Waals surface area contributed by atoms with Crippen LogP contribution in [0.25, 0.3) is 0 Å². The van der Waals surface area contributed by atoms with Crippen molar-refractivity contribution < 1.29 is 19.7 Å². The van der Waals surface area contributed by atoms with E-state index >= 15 is 0 Å². The number of phenols is 2. The summed E-state index contributed by atoms with van der Waals surface area (Å²) in [5.74, 6) is 0.361. The van der Waals surface area contributed by atoms with Crippen LogP contribution in [0.4, 0.5) is 0 Å². The first-order valence-electron chi connectivity index (χ1n) is 10.4. The number of thiocarbonyl (C=S) groups is 2. The molecule has 0 radical (unpaired) electrons. The molecule has 0 saturated carbocycles. The molecule has 0 spiro atoms. The van der Waals surface area contributed by atoms with Gasteiger partial charge in [0.05, 0.1) is 37.6 Å². The molecule has 2 aliphatic heterocycles. The van der Waals surface area contributed by atoms with Gasteiger partial charge in [-0.05, 0) is 41.8 Å². The zero-order valence-electron chi connectivity index (χ0n) is 17.2. The average molecular weight is 459 g/mol. The van der Waals surface area contributed by atoms with Crippen LogP contribution in [0.3, 0.4) is 0 Å². The van der Waals surface area contributed by atoms with Crippen LogP contribution in [0.15, 0.2) is 36.4 Å². The van der Waals surface area contributed by atoms with Crippen LogP contribution < -0.4 is 0 Å². The van der Waals surface area contributed by atoms with Gasteiger partial charge in [-0.3, -0.25) is 0 Å². The van der Waals surface area contributed by atoms with Gasteiger partial charge in [-0.1, -0.05) is 36.6 Å². The summed E-state index contributed by atoms with van der Waals surface area (Å²) in [7, 11) is 0. The highest BCUT2D eigenvalue weighted by atomic mass is 32.1. The van der Waals surface area contributed by atoms with Gasteiger partial charge in [0, 0.05) is 26.2 Å². The molecule has 0 atom stereocenters. The first kappa shape index (κ1) is 22.0. The molecule has 2 aromatic carbocycles. The maximum atomic E-state index is 10.4. The lowest BCUT2D eigenvalue weighted by atomic mass is 9.99. The van der Waals surface area contributed by atoms with Crippen LogP contribution in [-0.2, 0) is 15.9 Å². The third kappa shape index (κ3) is 5.15. The Kier molecular flexibility index (Phi) is 7.02. The molecule has 31 heavy (non-hydrogen) atoms. The van der Waals surface area contributed by atoms with Gasteiger partial charge in [-0.25, -0.2) is 0 Å². The second-order valence-corrected chi connectivity index (χ2v) is 8.46. The Labute approximate surface area is 193 Å². The lowest BCUT2D eigenvalue weighted by molar-refractivity contribution is 0.0692. The molecule has 0 bridgehead atoms. The van der Waals surface area contributed by atoms with E-state index in [2.05, 4.69) is 9.80 Å². The molecule has 0 unspecified atom stereocenters. The Bertz CT molecular complexity index is 893. The van der Waals surface area contributed by atoms with Crippen molar-refractivity contribution in [1.82, 2.24) is 9.80 Å². The SMILES string of the molecule is Oc1ccc(Cc2ccc(O)c(C(=S)N3CCOCC3)c2)cc1C(=S)N1CCOCC1. The van der Waals surface area contributed by atoms with Gasteiger partial charge in [0.1, 0.15) is 21.5 Å². The van der Waals surface area contributed by atoms with E-state index in [-0.39, 0.29) is 11.5 Å². The van der Waals surface area contributed by atoms with Crippen molar-refractivity contribution in [2.45, 2.75) is 6.42 Å². The average Bonchev–Trinajstić information content (AvgIpc) is 2.82. The number of phenolic OH excluding ortho intramolecular Hbond substituents is 2. The van der Waals surface area contributed by atoms with Gasteiger partial charge in [-0.2, -0.15) is 0 Å². The number of rotatable bonds is 4.